The van der Waals surface area contributed by atoms with Crippen LogP contribution in [0.25, 0.3) is 11.3 Å². The van der Waals surface area contributed by atoms with Gasteiger partial charge in [0.25, 0.3) is 5.91 Å². The topological polar surface area (TPSA) is 61.0 Å². The second-order valence-corrected chi connectivity index (χ2v) is 6.75. The lowest BCUT2D eigenvalue weighted by Gasteiger charge is -2.22. The molecular formula is C16H22N4OS. The van der Waals surface area contributed by atoms with Gasteiger partial charge in [0, 0.05) is 29.7 Å². The van der Waals surface area contributed by atoms with E-state index in [1.807, 2.05) is 24.6 Å². The quantitative estimate of drug-likeness (QED) is 0.891. The van der Waals surface area contributed by atoms with Gasteiger partial charge >= 0.3 is 0 Å². The molecule has 2 aromatic rings. The Morgan fingerprint density at radius 3 is 3.18 bits per heavy atom. The molecule has 22 heavy (non-hydrogen) atoms. The number of H-pyrrole nitrogens is 1. The molecule has 1 saturated heterocycles. The largest absolute Gasteiger partial charge is 0.357 e. The minimum atomic E-state index is -0.0406. The number of rotatable bonds is 5. The summed E-state index contributed by atoms with van der Waals surface area (Å²) in [6, 6.07) is 2.35. The van der Waals surface area contributed by atoms with Gasteiger partial charge in [-0.05, 0) is 38.9 Å². The highest BCUT2D eigenvalue weighted by Gasteiger charge is 2.23. The summed E-state index contributed by atoms with van der Waals surface area (Å²) in [5.74, 6) is -0.0406. The van der Waals surface area contributed by atoms with Crippen LogP contribution in [0.4, 0.5) is 0 Å². The number of amides is 1. The third-order valence-corrected chi connectivity index (χ3v) is 5.02. The maximum atomic E-state index is 12.3. The highest BCUT2D eigenvalue weighted by molar-refractivity contribution is 7.09. The summed E-state index contributed by atoms with van der Waals surface area (Å²) in [7, 11) is 0. The van der Waals surface area contributed by atoms with Crippen LogP contribution in [0.1, 0.15) is 35.3 Å². The molecule has 2 N–H and O–H groups in total. The number of nitrogens with one attached hydrogen (secondary N) is 2. The maximum absolute atomic E-state index is 12.3. The number of likely N-dealkylation sites (N-methyl/N-ethyl adjacent to an activating group) is 1. The Morgan fingerprint density at radius 2 is 2.45 bits per heavy atom. The van der Waals surface area contributed by atoms with Crippen molar-refractivity contribution in [1.82, 2.24) is 20.2 Å². The van der Waals surface area contributed by atoms with Crippen molar-refractivity contribution in [2.24, 2.45) is 0 Å². The Hall–Kier alpha value is -1.66. The smallest absolute Gasteiger partial charge is 0.267 e. The third-order valence-electron chi connectivity index (χ3n) is 4.25. The van der Waals surface area contributed by atoms with Crippen molar-refractivity contribution in [2.45, 2.75) is 32.7 Å². The van der Waals surface area contributed by atoms with Gasteiger partial charge < -0.3 is 10.3 Å². The molecule has 1 aliphatic heterocycles. The van der Waals surface area contributed by atoms with Crippen LogP contribution in [-0.2, 0) is 0 Å². The first kappa shape index (κ1) is 15.2. The SMILES string of the molecule is CCN1CCCC1CNC(=O)c1cc(-c2csc(C)n2)c[nH]1. The van der Waals surface area contributed by atoms with E-state index in [2.05, 4.69) is 27.1 Å². The highest BCUT2D eigenvalue weighted by Crippen LogP contribution is 2.22. The van der Waals surface area contributed by atoms with E-state index in [0.29, 0.717) is 11.7 Å². The summed E-state index contributed by atoms with van der Waals surface area (Å²) < 4.78 is 0. The van der Waals surface area contributed by atoms with Crippen molar-refractivity contribution >= 4 is 17.2 Å². The molecule has 2 aromatic heterocycles. The summed E-state index contributed by atoms with van der Waals surface area (Å²) in [6.45, 7) is 7.07. The zero-order valence-corrected chi connectivity index (χ0v) is 13.9. The number of carbonyl (C=O) groups is 1. The van der Waals surface area contributed by atoms with Crippen LogP contribution in [0.15, 0.2) is 17.6 Å². The Bertz CT molecular complexity index is 648. The predicted octanol–water partition coefficient (Wildman–Crippen LogP) is 2.66. The van der Waals surface area contributed by atoms with Crippen LogP contribution in [0, 0.1) is 6.92 Å². The van der Waals surface area contributed by atoms with Crippen molar-refractivity contribution < 1.29 is 4.79 Å². The van der Waals surface area contributed by atoms with Gasteiger partial charge in [-0.2, -0.15) is 0 Å². The van der Waals surface area contributed by atoms with Crippen LogP contribution >= 0.6 is 11.3 Å². The minimum absolute atomic E-state index is 0.0406. The van der Waals surface area contributed by atoms with E-state index in [1.165, 1.54) is 12.8 Å². The molecule has 0 aliphatic carbocycles. The second kappa shape index (κ2) is 6.62. The molecule has 0 radical (unpaired) electrons. The number of aromatic nitrogens is 2. The number of carbonyl (C=O) groups excluding carboxylic acids is 1. The molecule has 1 fully saturated rings. The average molecular weight is 318 g/mol. The minimum Gasteiger partial charge on any atom is -0.357 e. The normalized spacial score (nSPS) is 18.7. The van der Waals surface area contributed by atoms with Gasteiger partial charge in [-0.3, -0.25) is 9.69 Å². The fourth-order valence-corrected chi connectivity index (χ4v) is 3.64. The molecule has 118 valence electrons. The van der Waals surface area contributed by atoms with E-state index >= 15 is 0 Å². The summed E-state index contributed by atoms with van der Waals surface area (Å²) in [5, 5.41) is 6.09. The summed E-state index contributed by atoms with van der Waals surface area (Å²) >= 11 is 1.62. The van der Waals surface area contributed by atoms with Gasteiger partial charge in [-0.1, -0.05) is 6.92 Å². The van der Waals surface area contributed by atoms with E-state index in [9.17, 15) is 4.79 Å². The first-order valence-electron chi connectivity index (χ1n) is 7.80. The second-order valence-electron chi connectivity index (χ2n) is 5.69. The molecule has 0 saturated carbocycles. The van der Waals surface area contributed by atoms with Crippen LogP contribution in [0.5, 0.6) is 0 Å². The molecule has 1 aliphatic rings. The highest BCUT2D eigenvalue weighted by atomic mass is 32.1. The molecule has 3 rings (SSSR count). The van der Waals surface area contributed by atoms with Crippen LogP contribution in [0.3, 0.4) is 0 Å². The van der Waals surface area contributed by atoms with Crippen molar-refractivity contribution in [3.8, 4) is 11.3 Å². The lowest BCUT2D eigenvalue weighted by atomic mass is 10.2. The number of aryl methyl sites for hydroxylation is 1. The Morgan fingerprint density at radius 1 is 1.59 bits per heavy atom. The number of hydrogen-bond acceptors (Lipinski definition) is 4. The third kappa shape index (κ3) is 3.23. The van der Waals surface area contributed by atoms with Gasteiger partial charge in [0.05, 0.1) is 10.7 Å². The number of thiazole rings is 1. The lowest BCUT2D eigenvalue weighted by Crippen LogP contribution is -2.40. The molecule has 5 nitrogen and oxygen atoms in total. The molecule has 1 atom stereocenters. The standard InChI is InChI=1S/C16H22N4OS/c1-3-20-6-4-5-13(20)9-18-16(21)14-7-12(8-17-14)15-10-22-11(2)19-15/h7-8,10,13,17H,3-6,9H2,1-2H3,(H,18,21). The van der Waals surface area contributed by atoms with Crippen LogP contribution in [-0.4, -0.2) is 46.5 Å². The number of aromatic amines is 1. The fourth-order valence-electron chi connectivity index (χ4n) is 3.02. The van der Waals surface area contributed by atoms with Crippen molar-refractivity contribution in [1.29, 1.82) is 0 Å². The molecule has 6 heteroatoms. The lowest BCUT2D eigenvalue weighted by molar-refractivity contribution is 0.0937. The first-order chi connectivity index (χ1) is 10.7. The van der Waals surface area contributed by atoms with E-state index in [4.69, 9.17) is 0 Å². The fraction of sp³-hybridized carbons (Fsp3) is 0.500. The van der Waals surface area contributed by atoms with E-state index < -0.39 is 0 Å². The van der Waals surface area contributed by atoms with Crippen LogP contribution < -0.4 is 5.32 Å². The number of nitrogens with zero attached hydrogens (tertiary/aromatic N) is 2. The Kier molecular flexibility index (Phi) is 4.59. The number of likely N-dealkylation sites (tertiary alicyclic amines) is 1. The predicted molar refractivity (Wildman–Crippen MR) is 89.2 cm³/mol. The van der Waals surface area contributed by atoms with Gasteiger partial charge in [-0.25, -0.2) is 4.98 Å². The molecular weight excluding hydrogens is 296 g/mol. The summed E-state index contributed by atoms with van der Waals surface area (Å²) in [5.41, 5.74) is 2.48. The monoisotopic (exact) mass is 318 g/mol. The van der Waals surface area contributed by atoms with E-state index in [-0.39, 0.29) is 5.91 Å². The van der Waals surface area contributed by atoms with Gasteiger partial charge in [0.15, 0.2) is 0 Å². The average Bonchev–Trinajstić information content (AvgIpc) is 3.24. The van der Waals surface area contributed by atoms with E-state index in [1.54, 1.807) is 11.3 Å². The van der Waals surface area contributed by atoms with Crippen molar-refractivity contribution in [3.63, 3.8) is 0 Å². The molecule has 0 aromatic carbocycles. The van der Waals surface area contributed by atoms with Gasteiger partial charge in [0.1, 0.15) is 5.69 Å². The molecule has 1 amide bonds. The van der Waals surface area contributed by atoms with Crippen molar-refractivity contribution in [2.75, 3.05) is 19.6 Å². The maximum Gasteiger partial charge on any atom is 0.267 e. The molecule has 1 unspecified atom stereocenters. The summed E-state index contributed by atoms with van der Waals surface area (Å²) in [4.78, 5) is 22.2. The zero-order chi connectivity index (χ0) is 15.5. The zero-order valence-electron chi connectivity index (χ0n) is 13.1. The van der Waals surface area contributed by atoms with Gasteiger partial charge in [-0.15, -0.1) is 11.3 Å². The number of hydrogen-bond donors (Lipinski definition) is 2. The van der Waals surface area contributed by atoms with Crippen LogP contribution in [0.2, 0.25) is 0 Å². The molecule has 0 bridgehead atoms. The summed E-state index contributed by atoms with van der Waals surface area (Å²) in [6.07, 6.45) is 4.24. The Balaban J connectivity index is 1.60. The molecule has 0 spiro atoms. The molecule has 3 heterocycles. The van der Waals surface area contributed by atoms with E-state index in [0.717, 1.165) is 35.9 Å². The first-order valence-corrected chi connectivity index (χ1v) is 8.68. The van der Waals surface area contributed by atoms with Crippen molar-refractivity contribution in [3.05, 3.63) is 28.3 Å². The van der Waals surface area contributed by atoms with Gasteiger partial charge in [0.2, 0.25) is 0 Å². The Labute approximate surface area is 134 Å².